The highest BCUT2D eigenvalue weighted by atomic mass is 32.1. The van der Waals surface area contributed by atoms with Gasteiger partial charge in [0.25, 0.3) is 0 Å². The van der Waals surface area contributed by atoms with E-state index in [0.717, 1.165) is 6.54 Å². The Bertz CT molecular complexity index is 456. The highest BCUT2D eigenvalue weighted by Gasteiger charge is 2.51. The average Bonchev–Trinajstić information content (AvgIpc) is 3.13. The lowest BCUT2D eigenvalue weighted by Crippen LogP contribution is -2.50. The molecule has 2 fully saturated rings. The van der Waals surface area contributed by atoms with Crippen LogP contribution in [0.5, 0.6) is 0 Å². The van der Waals surface area contributed by atoms with Crippen LogP contribution in [0.15, 0.2) is 5.38 Å². The van der Waals surface area contributed by atoms with Gasteiger partial charge in [-0.2, -0.15) is 0 Å². The minimum absolute atomic E-state index is 0.129. The van der Waals surface area contributed by atoms with E-state index in [9.17, 15) is 0 Å². The number of nitrogens with one attached hydrogen (secondary N) is 1. The van der Waals surface area contributed by atoms with Crippen molar-refractivity contribution in [3.63, 3.8) is 0 Å². The first-order valence-electron chi connectivity index (χ1n) is 8.12. The van der Waals surface area contributed by atoms with Gasteiger partial charge in [-0.3, -0.25) is 4.90 Å². The summed E-state index contributed by atoms with van der Waals surface area (Å²) in [6, 6.07) is 0.667. The average molecular weight is 293 g/mol. The van der Waals surface area contributed by atoms with E-state index in [4.69, 9.17) is 4.98 Å². The Balaban J connectivity index is 1.92. The number of thiazole rings is 1. The molecule has 0 bridgehead atoms. The van der Waals surface area contributed by atoms with Gasteiger partial charge in [0, 0.05) is 18.0 Å². The van der Waals surface area contributed by atoms with E-state index >= 15 is 0 Å². The topological polar surface area (TPSA) is 28.2 Å². The second kappa shape index (κ2) is 5.74. The van der Waals surface area contributed by atoms with Crippen LogP contribution >= 0.6 is 11.3 Å². The summed E-state index contributed by atoms with van der Waals surface area (Å²) in [5, 5.41) is 7.50. The maximum atomic E-state index is 5.01. The first-order valence-corrected chi connectivity index (χ1v) is 9.00. The second-order valence-corrected chi connectivity index (χ2v) is 7.43. The fourth-order valence-electron chi connectivity index (χ4n) is 3.77. The minimum atomic E-state index is 0.129. The van der Waals surface area contributed by atoms with Crippen LogP contribution < -0.4 is 5.32 Å². The fraction of sp³-hybridized carbons (Fsp3) is 0.812. The number of hydrogen-bond acceptors (Lipinski definition) is 4. The standard InChI is InChI=1S/C16H27N3S/c1-4-8-17-16(7-10-19-9-5-6-14(16)19)15-18-13(11-20-15)12(2)3/h11-12,14,17H,4-10H2,1-3H3. The first kappa shape index (κ1) is 14.5. The summed E-state index contributed by atoms with van der Waals surface area (Å²) in [6.45, 7) is 10.3. The second-order valence-electron chi connectivity index (χ2n) is 6.57. The third kappa shape index (κ3) is 2.32. The van der Waals surface area contributed by atoms with E-state index < -0.39 is 0 Å². The van der Waals surface area contributed by atoms with Gasteiger partial charge < -0.3 is 5.32 Å². The molecular weight excluding hydrogens is 266 g/mol. The zero-order valence-electron chi connectivity index (χ0n) is 13.0. The molecule has 112 valence electrons. The van der Waals surface area contributed by atoms with Gasteiger partial charge in [-0.05, 0) is 44.7 Å². The number of rotatable bonds is 5. The summed E-state index contributed by atoms with van der Waals surface area (Å²) < 4.78 is 0. The van der Waals surface area contributed by atoms with Crippen molar-refractivity contribution in [2.24, 2.45) is 0 Å². The van der Waals surface area contributed by atoms with Crippen LogP contribution in [0.1, 0.15) is 63.1 Å². The molecule has 1 aromatic heterocycles. The monoisotopic (exact) mass is 293 g/mol. The molecule has 0 amide bonds. The van der Waals surface area contributed by atoms with Crippen molar-refractivity contribution < 1.29 is 0 Å². The van der Waals surface area contributed by atoms with Crippen molar-refractivity contribution in [3.8, 4) is 0 Å². The van der Waals surface area contributed by atoms with Crippen LogP contribution in [0.3, 0.4) is 0 Å². The smallest absolute Gasteiger partial charge is 0.115 e. The molecule has 0 radical (unpaired) electrons. The van der Waals surface area contributed by atoms with Gasteiger partial charge in [-0.25, -0.2) is 4.98 Å². The molecule has 2 aliphatic rings. The van der Waals surface area contributed by atoms with Crippen LogP contribution in [0, 0.1) is 0 Å². The predicted octanol–water partition coefficient (Wildman–Crippen LogP) is 3.33. The Morgan fingerprint density at radius 1 is 1.50 bits per heavy atom. The van der Waals surface area contributed by atoms with Gasteiger partial charge in [-0.1, -0.05) is 20.8 Å². The quantitative estimate of drug-likeness (QED) is 0.902. The van der Waals surface area contributed by atoms with Crippen molar-refractivity contribution in [1.29, 1.82) is 0 Å². The van der Waals surface area contributed by atoms with E-state index in [1.807, 2.05) is 11.3 Å². The van der Waals surface area contributed by atoms with Crippen LogP contribution in [0.2, 0.25) is 0 Å². The molecule has 2 saturated heterocycles. The Morgan fingerprint density at radius 3 is 3.05 bits per heavy atom. The first-order chi connectivity index (χ1) is 9.67. The van der Waals surface area contributed by atoms with Crippen LogP contribution in [-0.4, -0.2) is 35.6 Å². The van der Waals surface area contributed by atoms with Crippen LogP contribution in [-0.2, 0) is 5.54 Å². The molecule has 2 aliphatic heterocycles. The highest BCUT2D eigenvalue weighted by Crippen LogP contribution is 2.44. The van der Waals surface area contributed by atoms with E-state index in [-0.39, 0.29) is 5.54 Å². The Morgan fingerprint density at radius 2 is 2.35 bits per heavy atom. The molecule has 0 aliphatic carbocycles. The van der Waals surface area contributed by atoms with Gasteiger partial charge in [0.2, 0.25) is 0 Å². The summed E-state index contributed by atoms with van der Waals surface area (Å²) in [6.07, 6.45) is 5.09. The van der Waals surface area contributed by atoms with E-state index in [2.05, 4.69) is 36.4 Å². The lowest BCUT2D eigenvalue weighted by molar-refractivity contribution is 0.225. The molecule has 3 heterocycles. The number of fused-ring (bicyclic) bond motifs is 1. The van der Waals surface area contributed by atoms with Crippen molar-refractivity contribution in [2.75, 3.05) is 19.6 Å². The van der Waals surface area contributed by atoms with Gasteiger partial charge in [0.15, 0.2) is 0 Å². The third-order valence-corrected chi connectivity index (χ3v) is 5.95. The molecule has 4 heteroatoms. The van der Waals surface area contributed by atoms with Crippen molar-refractivity contribution in [1.82, 2.24) is 15.2 Å². The fourth-order valence-corrected chi connectivity index (χ4v) is 5.01. The summed E-state index contributed by atoms with van der Waals surface area (Å²) in [4.78, 5) is 7.69. The molecule has 2 unspecified atom stereocenters. The van der Waals surface area contributed by atoms with Crippen molar-refractivity contribution >= 4 is 11.3 Å². The molecule has 3 rings (SSSR count). The molecule has 1 aromatic rings. The van der Waals surface area contributed by atoms with E-state index in [1.54, 1.807) is 0 Å². The molecule has 0 saturated carbocycles. The van der Waals surface area contributed by atoms with Crippen LogP contribution in [0.4, 0.5) is 0 Å². The van der Waals surface area contributed by atoms with Crippen LogP contribution in [0.25, 0.3) is 0 Å². The van der Waals surface area contributed by atoms with Crippen molar-refractivity contribution in [2.45, 2.75) is 64.0 Å². The van der Waals surface area contributed by atoms with Gasteiger partial charge in [0.05, 0.1) is 11.2 Å². The Hall–Kier alpha value is -0.450. The number of nitrogens with zero attached hydrogens (tertiary/aromatic N) is 2. The maximum Gasteiger partial charge on any atom is 0.115 e. The van der Waals surface area contributed by atoms with E-state index in [1.165, 1.54) is 49.5 Å². The summed E-state index contributed by atoms with van der Waals surface area (Å²) in [7, 11) is 0. The third-order valence-electron chi connectivity index (χ3n) is 4.91. The normalized spacial score (nSPS) is 30.3. The Labute approximate surface area is 126 Å². The summed E-state index contributed by atoms with van der Waals surface area (Å²) in [5.41, 5.74) is 1.39. The summed E-state index contributed by atoms with van der Waals surface area (Å²) in [5.74, 6) is 0.532. The SMILES string of the molecule is CCCNC1(c2nc(C(C)C)cs2)CCN2CCCC21. The maximum absolute atomic E-state index is 5.01. The zero-order chi connectivity index (χ0) is 14.2. The minimum Gasteiger partial charge on any atom is -0.304 e. The van der Waals surface area contributed by atoms with Crippen molar-refractivity contribution in [3.05, 3.63) is 16.1 Å². The molecule has 1 N–H and O–H groups in total. The Kier molecular flexibility index (Phi) is 4.16. The predicted molar refractivity (Wildman–Crippen MR) is 85.4 cm³/mol. The molecule has 0 aromatic carbocycles. The molecule has 2 atom stereocenters. The molecular formula is C16H27N3S. The van der Waals surface area contributed by atoms with Gasteiger partial charge >= 0.3 is 0 Å². The lowest BCUT2D eigenvalue weighted by atomic mass is 9.89. The largest absolute Gasteiger partial charge is 0.304 e. The highest BCUT2D eigenvalue weighted by molar-refractivity contribution is 7.09. The van der Waals surface area contributed by atoms with Gasteiger partial charge in [-0.15, -0.1) is 11.3 Å². The number of hydrogen-bond donors (Lipinski definition) is 1. The number of aromatic nitrogens is 1. The lowest BCUT2D eigenvalue weighted by Gasteiger charge is -2.34. The summed E-state index contributed by atoms with van der Waals surface area (Å²) >= 11 is 1.87. The molecule has 0 spiro atoms. The molecule has 3 nitrogen and oxygen atoms in total. The van der Waals surface area contributed by atoms with Gasteiger partial charge in [0.1, 0.15) is 5.01 Å². The molecule has 20 heavy (non-hydrogen) atoms. The zero-order valence-corrected chi connectivity index (χ0v) is 13.8. The van der Waals surface area contributed by atoms with E-state index in [0.29, 0.717) is 12.0 Å².